The number of nitrogens with zero attached hydrogens (tertiary/aromatic N) is 5. The van der Waals surface area contributed by atoms with Crippen molar-refractivity contribution in [2.45, 2.75) is 26.3 Å². The number of aromatic nitrogens is 3. The minimum Gasteiger partial charge on any atom is -0.483 e. The van der Waals surface area contributed by atoms with Gasteiger partial charge in [-0.15, -0.1) is 0 Å². The number of hydrogen-bond donors (Lipinski definition) is 2. The van der Waals surface area contributed by atoms with E-state index in [9.17, 15) is 9.59 Å². The fourth-order valence-electron chi connectivity index (χ4n) is 3.07. The molecule has 3 rings (SSSR count). The first-order valence-electron chi connectivity index (χ1n) is 9.30. The molecule has 0 aromatic carbocycles. The van der Waals surface area contributed by atoms with E-state index in [2.05, 4.69) is 15.0 Å². The first-order valence-corrected chi connectivity index (χ1v) is 9.30. The third-order valence-electron chi connectivity index (χ3n) is 4.52. The third-order valence-corrected chi connectivity index (χ3v) is 4.52. The van der Waals surface area contributed by atoms with Gasteiger partial charge >= 0.3 is 0 Å². The number of anilines is 1. The lowest BCUT2D eigenvalue weighted by Crippen LogP contribution is -2.35. The number of amides is 2. The van der Waals surface area contributed by atoms with Gasteiger partial charge in [-0.3, -0.25) is 19.1 Å². The highest BCUT2D eigenvalue weighted by atomic mass is 16.3. The SMILES string of the molecule is Cc1cnn(CCC(=O)N2CCCN(c3ccc(C(N)=O)cn3)CC2)c1.O=CO. The molecule has 1 aliphatic heterocycles. The minimum absolute atomic E-state index is 0.150. The number of nitrogens with two attached hydrogens (primary N) is 1. The van der Waals surface area contributed by atoms with Crippen LogP contribution in [0.5, 0.6) is 0 Å². The lowest BCUT2D eigenvalue weighted by atomic mass is 10.2. The molecule has 2 aromatic rings. The van der Waals surface area contributed by atoms with Crippen LogP contribution in [0, 0.1) is 6.92 Å². The quantitative estimate of drug-likeness (QED) is 0.696. The summed E-state index contributed by atoms with van der Waals surface area (Å²) in [5.74, 6) is 0.470. The third kappa shape index (κ3) is 6.59. The maximum atomic E-state index is 12.5. The lowest BCUT2D eigenvalue weighted by molar-refractivity contribution is -0.131. The number of pyridine rings is 1. The number of hydrogen-bond acceptors (Lipinski definition) is 6. The summed E-state index contributed by atoms with van der Waals surface area (Å²) in [6.45, 7) is 5.28. The number of carbonyl (C=O) groups is 3. The van der Waals surface area contributed by atoms with Crippen molar-refractivity contribution in [1.82, 2.24) is 19.7 Å². The molecule has 1 fully saturated rings. The van der Waals surface area contributed by atoms with Gasteiger partial charge in [0.25, 0.3) is 6.47 Å². The Labute approximate surface area is 168 Å². The van der Waals surface area contributed by atoms with Crippen LogP contribution >= 0.6 is 0 Å². The van der Waals surface area contributed by atoms with E-state index in [-0.39, 0.29) is 12.4 Å². The van der Waals surface area contributed by atoms with Crippen molar-refractivity contribution >= 4 is 24.1 Å². The fourth-order valence-corrected chi connectivity index (χ4v) is 3.07. The Morgan fingerprint density at radius 1 is 1.21 bits per heavy atom. The monoisotopic (exact) mass is 402 g/mol. The maximum absolute atomic E-state index is 12.5. The average Bonchev–Trinajstić information content (AvgIpc) is 2.97. The molecule has 2 amide bonds. The van der Waals surface area contributed by atoms with Crippen molar-refractivity contribution in [1.29, 1.82) is 0 Å². The smallest absolute Gasteiger partial charge is 0.290 e. The van der Waals surface area contributed by atoms with Gasteiger partial charge in [0.15, 0.2) is 0 Å². The molecule has 3 N–H and O–H groups in total. The predicted molar refractivity (Wildman–Crippen MR) is 106 cm³/mol. The molecule has 0 unspecified atom stereocenters. The molecule has 1 aliphatic rings. The molecule has 10 heteroatoms. The Hall–Kier alpha value is -3.43. The van der Waals surface area contributed by atoms with Gasteiger partial charge in [0, 0.05) is 51.5 Å². The predicted octanol–water partition coefficient (Wildman–Crippen LogP) is 0.515. The number of carboxylic acid groups (broad SMARTS) is 1. The summed E-state index contributed by atoms with van der Waals surface area (Å²) in [7, 11) is 0. The molecule has 0 bridgehead atoms. The summed E-state index contributed by atoms with van der Waals surface area (Å²) >= 11 is 0. The highest BCUT2D eigenvalue weighted by Crippen LogP contribution is 2.15. The van der Waals surface area contributed by atoms with Crippen LogP contribution in [-0.4, -0.2) is 69.2 Å². The van der Waals surface area contributed by atoms with E-state index in [1.165, 1.54) is 6.20 Å². The zero-order chi connectivity index (χ0) is 21.2. The Morgan fingerprint density at radius 2 is 1.97 bits per heavy atom. The highest BCUT2D eigenvalue weighted by molar-refractivity contribution is 5.92. The van der Waals surface area contributed by atoms with E-state index in [1.54, 1.807) is 18.3 Å². The summed E-state index contributed by atoms with van der Waals surface area (Å²) in [5, 5.41) is 11.1. The summed E-state index contributed by atoms with van der Waals surface area (Å²) in [6, 6.07) is 3.49. The number of rotatable bonds is 5. The molecular weight excluding hydrogens is 376 g/mol. The van der Waals surface area contributed by atoms with Crippen LogP contribution in [0.1, 0.15) is 28.8 Å². The molecule has 1 saturated heterocycles. The van der Waals surface area contributed by atoms with Crippen molar-refractivity contribution in [3.63, 3.8) is 0 Å². The van der Waals surface area contributed by atoms with Crippen LogP contribution in [0.25, 0.3) is 0 Å². The van der Waals surface area contributed by atoms with E-state index < -0.39 is 5.91 Å². The molecule has 2 aromatic heterocycles. The summed E-state index contributed by atoms with van der Waals surface area (Å²) in [4.78, 5) is 40.4. The molecule has 0 radical (unpaired) electrons. The Kier molecular flexibility index (Phi) is 8.13. The number of aryl methyl sites for hydroxylation is 2. The zero-order valence-electron chi connectivity index (χ0n) is 16.4. The molecule has 3 heterocycles. The molecule has 0 aliphatic carbocycles. The van der Waals surface area contributed by atoms with Crippen molar-refractivity contribution in [2.75, 3.05) is 31.1 Å². The van der Waals surface area contributed by atoms with Crippen molar-refractivity contribution in [2.24, 2.45) is 5.73 Å². The molecule has 0 spiro atoms. The normalized spacial score (nSPS) is 13.8. The molecule has 0 atom stereocenters. The van der Waals surface area contributed by atoms with Gasteiger partial charge in [0.1, 0.15) is 5.82 Å². The first kappa shape index (κ1) is 21.9. The topological polar surface area (TPSA) is 135 Å². The molecule has 0 saturated carbocycles. The van der Waals surface area contributed by atoms with Crippen LogP contribution in [0.2, 0.25) is 0 Å². The summed E-state index contributed by atoms with van der Waals surface area (Å²) in [5.41, 5.74) is 6.74. The Morgan fingerprint density at radius 3 is 2.55 bits per heavy atom. The van der Waals surface area contributed by atoms with Gasteiger partial charge in [0.05, 0.1) is 11.8 Å². The minimum atomic E-state index is -0.482. The van der Waals surface area contributed by atoms with Crippen molar-refractivity contribution in [3.8, 4) is 0 Å². The van der Waals surface area contributed by atoms with Crippen LogP contribution in [0.15, 0.2) is 30.7 Å². The largest absolute Gasteiger partial charge is 0.483 e. The van der Waals surface area contributed by atoms with Crippen molar-refractivity contribution < 1.29 is 19.5 Å². The van der Waals surface area contributed by atoms with E-state index in [4.69, 9.17) is 15.6 Å². The Balaban J connectivity index is 0.000000941. The zero-order valence-corrected chi connectivity index (χ0v) is 16.4. The van der Waals surface area contributed by atoms with Crippen LogP contribution in [0.4, 0.5) is 5.82 Å². The average molecular weight is 402 g/mol. The van der Waals surface area contributed by atoms with Gasteiger partial charge in [0.2, 0.25) is 11.8 Å². The van der Waals surface area contributed by atoms with E-state index in [1.807, 2.05) is 22.7 Å². The standard InChI is InChI=1S/C18H24N6O2.CH2O2/c1-14-11-21-24(13-14)8-5-17(25)23-7-2-6-22(9-10-23)16-4-3-15(12-20-16)18(19)26;2-1-3/h3-4,11-13H,2,5-10H2,1H3,(H2,19,26);1H,(H,2,3). The second-order valence-electron chi connectivity index (χ2n) is 6.63. The molecule has 29 heavy (non-hydrogen) atoms. The van der Waals surface area contributed by atoms with Gasteiger partial charge in [-0.1, -0.05) is 0 Å². The number of primary amides is 1. The van der Waals surface area contributed by atoms with E-state index >= 15 is 0 Å². The van der Waals surface area contributed by atoms with Crippen molar-refractivity contribution in [3.05, 3.63) is 41.9 Å². The van der Waals surface area contributed by atoms with Crippen LogP contribution in [-0.2, 0) is 16.1 Å². The van der Waals surface area contributed by atoms with Crippen LogP contribution < -0.4 is 10.6 Å². The second-order valence-corrected chi connectivity index (χ2v) is 6.63. The van der Waals surface area contributed by atoms with E-state index in [0.29, 0.717) is 25.1 Å². The Bertz CT molecular complexity index is 820. The fraction of sp³-hybridized carbons (Fsp3) is 0.421. The second kappa shape index (κ2) is 10.8. The lowest BCUT2D eigenvalue weighted by Gasteiger charge is -2.23. The summed E-state index contributed by atoms with van der Waals surface area (Å²) < 4.78 is 1.81. The molecule has 156 valence electrons. The maximum Gasteiger partial charge on any atom is 0.290 e. The number of carbonyl (C=O) groups excluding carboxylic acids is 2. The first-order chi connectivity index (χ1) is 13.9. The van der Waals surface area contributed by atoms with Crippen LogP contribution in [0.3, 0.4) is 0 Å². The molecule has 10 nitrogen and oxygen atoms in total. The highest BCUT2D eigenvalue weighted by Gasteiger charge is 2.20. The van der Waals surface area contributed by atoms with Gasteiger partial charge in [-0.25, -0.2) is 4.98 Å². The van der Waals surface area contributed by atoms with Gasteiger partial charge in [-0.2, -0.15) is 5.10 Å². The molecular formula is C19H26N6O4. The van der Waals surface area contributed by atoms with E-state index in [0.717, 1.165) is 37.4 Å². The summed E-state index contributed by atoms with van der Waals surface area (Å²) in [6.07, 6.45) is 6.57. The van der Waals surface area contributed by atoms with Gasteiger partial charge < -0.3 is 20.6 Å². The van der Waals surface area contributed by atoms with Gasteiger partial charge in [-0.05, 0) is 31.0 Å².